The summed E-state index contributed by atoms with van der Waals surface area (Å²) in [7, 11) is -3.83. The van der Waals surface area contributed by atoms with Crippen molar-refractivity contribution >= 4 is 39.0 Å². The van der Waals surface area contributed by atoms with Gasteiger partial charge >= 0.3 is 5.97 Å². The monoisotopic (exact) mass is 345 g/mol. The molecule has 0 saturated heterocycles. The van der Waals surface area contributed by atoms with E-state index in [0.717, 1.165) is 6.07 Å². The second-order valence-corrected chi connectivity index (χ2v) is 6.95. The molecule has 0 unspecified atom stereocenters. The maximum Gasteiger partial charge on any atom is 0.335 e. The Morgan fingerprint density at radius 2 is 1.90 bits per heavy atom. The highest BCUT2D eigenvalue weighted by molar-refractivity contribution is 7.90. The highest BCUT2D eigenvalue weighted by atomic mass is 35.5. The summed E-state index contributed by atoms with van der Waals surface area (Å²) >= 11 is 11.8. The molecule has 1 heterocycles. The third kappa shape index (κ3) is 3.53. The fourth-order valence-corrected chi connectivity index (χ4v) is 3.90. The molecule has 5 nitrogen and oxygen atoms in total. The molecule has 0 saturated carbocycles. The predicted octanol–water partition coefficient (Wildman–Crippen LogP) is 3.06. The van der Waals surface area contributed by atoms with Gasteiger partial charge in [0.1, 0.15) is 0 Å². The van der Waals surface area contributed by atoms with Crippen molar-refractivity contribution in [2.24, 2.45) is 0 Å². The number of aromatic carboxylic acids is 1. The van der Waals surface area contributed by atoms with Gasteiger partial charge in [-0.05, 0) is 29.8 Å². The van der Waals surface area contributed by atoms with Crippen LogP contribution in [0.1, 0.15) is 15.9 Å². The summed E-state index contributed by atoms with van der Waals surface area (Å²) in [6.45, 7) is 0. The van der Waals surface area contributed by atoms with Crippen molar-refractivity contribution in [1.29, 1.82) is 0 Å². The van der Waals surface area contributed by atoms with Gasteiger partial charge in [-0.3, -0.25) is 4.98 Å². The molecule has 0 atom stereocenters. The first-order valence-electron chi connectivity index (χ1n) is 5.65. The highest BCUT2D eigenvalue weighted by Crippen LogP contribution is 2.27. The van der Waals surface area contributed by atoms with Gasteiger partial charge in [-0.2, -0.15) is 0 Å². The van der Waals surface area contributed by atoms with E-state index in [2.05, 4.69) is 4.98 Å². The third-order valence-corrected chi connectivity index (χ3v) is 5.20. The van der Waals surface area contributed by atoms with Crippen LogP contribution in [0.2, 0.25) is 10.0 Å². The van der Waals surface area contributed by atoms with Crippen LogP contribution in [0.25, 0.3) is 0 Å². The van der Waals surface area contributed by atoms with E-state index in [1.165, 1.54) is 30.6 Å². The summed E-state index contributed by atoms with van der Waals surface area (Å²) in [5, 5.41) is 9.11. The fraction of sp³-hybridized carbons (Fsp3) is 0.0769. The van der Waals surface area contributed by atoms with Crippen LogP contribution in [0.15, 0.2) is 41.6 Å². The Balaban J connectivity index is 2.47. The Kier molecular flexibility index (Phi) is 4.51. The summed E-state index contributed by atoms with van der Waals surface area (Å²) in [5.74, 6) is -1.62. The van der Waals surface area contributed by atoms with Crippen LogP contribution in [0.4, 0.5) is 0 Å². The first kappa shape index (κ1) is 15.8. The zero-order valence-corrected chi connectivity index (χ0v) is 12.8. The van der Waals surface area contributed by atoms with Crippen molar-refractivity contribution in [3.05, 3.63) is 57.8 Å². The first-order chi connectivity index (χ1) is 9.81. The van der Waals surface area contributed by atoms with Crippen molar-refractivity contribution in [1.82, 2.24) is 4.98 Å². The van der Waals surface area contributed by atoms with Gasteiger partial charge in [0.25, 0.3) is 0 Å². The quantitative estimate of drug-likeness (QED) is 0.920. The van der Waals surface area contributed by atoms with E-state index in [4.69, 9.17) is 28.3 Å². The molecule has 0 spiro atoms. The average molecular weight is 346 g/mol. The number of halogens is 2. The SMILES string of the molecule is O=C(O)c1ccc(Cl)c(S(=O)(=O)Cc2ccncc2Cl)c1. The number of carboxylic acids is 1. The molecule has 0 aliphatic heterocycles. The van der Waals surface area contributed by atoms with Crippen LogP contribution in [0.5, 0.6) is 0 Å². The summed E-state index contributed by atoms with van der Waals surface area (Å²) in [6, 6.07) is 5.00. The van der Waals surface area contributed by atoms with Gasteiger partial charge in [0.15, 0.2) is 9.84 Å². The lowest BCUT2D eigenvalue weighted by Crippen LogP contribution is -2.08. The normalized spacial score (nSPS) is 11.3. The summed E-state index contributed by atoms with van der Waals surface area (Å²) in [5.41, 5.74) is 0.210. The van der Waals surface area contributed by atoms with Gasteiger partial charge in [-0.1, -0.05) is 23.2 Å². The van der Waals surface area contributed by atoms with E-state index in [1.807, 2.05) is 0 Å². The van der Waals surface area contributed by atoms with Crippen LogP contribution in [0.3, 0.4) is 0 Å². The molecule has 21 heavy (non-hydrogen) atoms. The van der Waals surface area contributed by atoms with Crippen LogP contribution >= 0.6 is 23.2 Å². The lowest BCUT2D eigenvalue weighted by atomic mass is 10.2. The minimum absolute atomic E-state index is 0.0369. The number of carboxylic acid groups (broad SMARTS) is 1. The van der Waals surface area contributed by atoms with Gasteiger partial charge in [0.05, 0.1) is 26.3 Å². The van der Waals surface area contributed by atoms with Gasteiger partial charge in [0, 0.05) is 12.4 Å². The number of benzene rings is 1. The van der Waals surface area contributed by atoms with Crippen LogP contribution < -0.4 is 0 Å². The third-order valence-electron chi connectivity index (χ3n) is 2.72. The lowest BCUT2D eigenvalue weighted by molar-refractivity contribution is 0.0696. The number of sulfone groups is 1. The number of hydrogen-bond acceptors (Lipinski definition) is 4. The van der Waals surface area contributed by atoms with Gasteiger partial charge in [-0.25, -0.2) is 13.2 Å². The van der Waals surface area contributed by atoms with Crippen molar-refractivity contribution in [2.75, 3.05) is 0 Å². The Labute approximate surface area is 131 Å². The molecular formula is C13H9Cl2NO4S. The second kappa shape index (κ2) is 6.01. The standard InChI is InChI=1S/C13H9Cl2NO4S/c14-10-2-1-8(13(17)18)5-12(10)21(19,20)7-9-3-4-16-6-11(9)15/h1-6H,7H2,(H,17,18). The second-order valence-electron chi connectivity index (χ2n) is 4.18. The smallest absolute Gasteiger partial charge is 0.335 e. The summed E-state index contributed by atoms with van der Waals surface area (Å²) < 4.78 is 24.8. The minimum Gasteiger partial charge on any atom is -0.478 e. The number of aromatic nitrogens is 1. The van der Waals surface area contributed by atoms with Crippen molar-refractivity contribution in [3.63, 3.8) is 0 Å². The lowest BCUT2D eigenvalue weighted by Gasteiger charge is -2.08. The molecule has 1 aromatic carbocycles. The predicted molar refractivity (Wildman–Crippen MR) is 78.5 cm³/mol. The van der Waals surface area contributed by atoms with Gasteiger partial charge < -0.3 is 5.11 Å². The Bertz CT molecular complexity index is 806. The maximum atomic E-state index is 12.4. The molecule has 2 rings (SSSR count). The Morgan fingerprint density at radius 3 is 2.52 bits per heavy atom. The van der Waals surface area contributed by atoms with E-state index in [1.54, 1.807) is 0 Å². The number of nitrogens with zero attached hydrogens (tertiary/aromatic N) is 1. The number of rotatable bonds is 4. The van der Waals surface area contributed by atoms with E-state index in [0.29, 0.717) is 5.56 Å². The molecule has 0 fully saturated rings. The van der Waals surface area contributed by atoms with Gasteiger partial charge in [-0.15, -0.1) is 0 Å². The zero-order valence-electron chi connectivity index (χ0n) is 10.5. The molecule has 110 valence electrons. The molecule has 0 aliphatic rings. The molecular weight excluding hydrogens is 337 g/mol. The first-order valence-corrected chi connectivity index (χ1v) is 8.06. The van der Waals surface area contributed by atoms with E-state index in [-0.39, 0.29) is 20.5 Å². The van der Waals surface area contributed by atoms with E-state index < -0.39 is 21.6 Å². The van der Waals surface area contributed by atoms with Crippen LogP contribution in [0, 0.1) is 0 Å². The topological polar surface area (TPSA) is 84.3 Å². The number of hydrogen-bond donors (Lipinski definition) is 1. The maximum absolute atomic E-state index is 12.4. The molecule has 0 radical (unpaired) electrons. The van der Waals surface area contributed by atoms with E-state index in [9.17, 15) is 13.2 Å². The number of pyridine rings is 1. The summed E-state index contributed by atoms with van der Waals surface area (Å²) in [6.07, 6.45) is 2.76. The van der Waals surface area contributed by atoms with Crippen molar-refractivity contribution < 1.29 is 18.3 Å². The average Bonchev–Trinajstić information content (AvgIpc) is 2.41. The Morgan fingerprint density at radius 1 is 1.19 bits per heavy atom. The molecule has 1 N–H and O–H groups in total. The molecule has 0 bridgehead atoms. The molecule has 1 aromatic heterocycles. The zero-order chi connectivity index (χ0) is 15.6. The van der Waals surface area contributed by atoms with Crippen molar-refractivity contribution in [2.45, 2.75) is 10.6 Å². The molecule has 0 amide bonds. The van der Waals surface area contributed by atoms with E-state index >= 15 is 0 Å². The molecule has 2 aromatic rings. The molecule has 0 aliphatic carbocycles. The number of carbonyl (C=O) groups is 1. The largest absolute Gasteiger partial charge is 0.478 e. The fourth-order valence-electron chi connectivity index (χ4n) is 1.68. The molecule has 8 heteroatoms. The highest BCUT2D eigenvalue weighted by Gasteiger charge is 2.22. The minimum atomic E-state index is -3.83. The van der Waals surface area contributed by atoms with Crippen LogP contribution in [-0.4, -0.2) is 24.5 Å². The van der Waals surface area contributed by atoms with Gasteiger partial charge in [0.2, 0.25) is 0 Å². The Hall–Kier alpha value is -1.63. The summed E-state index contributed by atoms with van der Waals surface area (Å²) in [4.78, 5) is 14.5. The van der Waals surface area contributed by atoms with Crippen molar-refractivity contribution in [3.8, 4) is 0 Å². The van der Waals surface area contributed by atoms with Crippen LogP contribution in [-0.2, 0) is 15.6 Å².